The highest BCUT2D eigenvalue weighted by Crippen LogP contribution is 2.53. The number of para-hydroxylation sites is 1. The molecule has 1 aliphatic carbocycles. The topological polar surface area (TPSA) is 3.24 Å². The van der Waals surface area contributed by atoms with Gasteiger partial charge in [-0.2, -0.15) is 0 Å². The van der Waals surface area contributed by atoms with Crippen LogP contribution in [0.25, 0.3) is 11.1 Å². The van der Waals surface area contributed by atoms with E-state index in [9.17, 15) is 0 Å². The zero-order valence-electron chi connectivity index (χ0n) is 19.7. The molecule has 0 heterocycles. The quantitative estimate of drug-likeness (QED) is 0.322. The van der Waals surface area contributed by atoms with Crippen molar-refractivity contribution in [3.63, 3.8) is 0 Å². The molecule has 160 valence electrons. The molecule has 0 fully saturated rings. The first-order valence-electron chi connectivity index (χ1n) is 11.5. The van der Waals surface area contributed by atoms with Crippen LogP contribution in [0.1, 0.15) is 51.3 Å². The molecular weight excluding hydrogens is 386 g/mol. The van der Waals surface area contributed by atoms with Crippen molar-refractivity contribution >= 4 is 17.1 Å². The van der Waals surface area contributed by atoms with Gasteiger partial charge in [-0.25, -0.2) is 0 Å². The predicted molar refractivity (Wildman–Crippen MR) is 137 cm³/mol. The minimum absolute atomic E-state index is 0.0135. The van der Waals surface area contributed by atoms with Gasteiger partial charge in [-0.15, -0.1) is 0 Å². The van der Waals surface area contributed by atoms with Crippen LogP contribution in [0, 0.1) is 0 Å². The Balaban J connectivity index is 1.75. The molecule has 1 nitrogen and oxygen atoms in total. The SMILES string of the molecule is CC(C)(C)c1ccc(N(c2ccccc2)c2cccc3c2-c2ccccc2C3(C)C)cc1. The van der Waals surface area contributed by atoms with Gasteiger partial charge in [0.05, 0.1) is 5.69 Å². The van der Waals surface area contributed by atoms with Crippen LogP contribution in [0.4, 0.5) is 17.1 Å². The monoisotopic (exact) mass is 417 g/mol. The molecule has 1 heteroatoms. The normalized spacial score (nSPS) is 14.0. The Morgan fingerprint density at radius 3 is 1.88 bits per heavy atom. The second-order valence-corrected chi connectivity index (χ2v) is 10.3. The van der Waals surface area contributed by atoms with Gasteiger partial charge in [0, 0.05) is 22.4 Å². The van der Waals surface area contributed by atoms with E-state index in [0.29, 0.717) is 0 Å². The second-order valence-electron chi connectivity index (χ2n) is 10.3. The van der Waals surface area contributed by atoms with Gasteiger partial charge in [0.2, 0.25) is 0 Å². The van der Waals surface area contributed by atoms with E-state index >= 15 is 0 Å². The minimum atomic E-state index is -0.0135. The lowest BCUT2D eigenvalue weighted by atomic mass is 9.82. The largest absolute Gasteiger partial charge is 0.310 e. The molecule has 4 aromatic rings. The molecule has 0 bridgehead atoms. The van der Waals surface area contributed by atoms with Gasteiger partial charge in [-0.1, -0.05) is 101 Å². The summed E-state index contributed by atoms with van der Waals surface area (Å²) in [5.41, 5.74) is 10.5. The summed E-state index contributed by atoms with van der Waals surface area (Å²) in [6, 6.07) is 35.4. The smallest absolute Gasteiger partial charge is 0.0543 e. The molecule has 1 aliphatic rings. The molecule has 0 unspecified atom stereocenters. The molecule has 0 spiro atoms. The first-order valence-corrected chi connectivity index (χ1v) is 11.5. The van der Waals surface area contributed by atoms with Crippen molar-refractivity contribution in [2.75, 3.05) is 4.90 Å². The van der Waals surface area contributed by atoms with E-state index in [1.807, 2.05) is 0 Å². The second kappa shape index (κ2) is 7.38. The molecule has 5 rings (SSSR count). The Kier molecular flexibility index (Phi) is 4.74. The van der Waals surface area contributed by atoms with Crippen molar-refractivity contribution < 1.29 is 0 Å². The van der Waals surface area contributed by atoms with Gasteiger partial charge in [-0.05, 0) is 58.0 Å². The summed E-state index contributed by atoms with van der Waals surface area (Å²) < 4.78 is 0. The maximum absolute atomic E-state index is 2.41. The predicted octanol–water partition coefficient (Wildman–Crippen LogP) is 8.76. The first kappa shape index (κ1) is 20.6. The Morgan fingerprint density at radius 1 is 0.594 bits per heavy atom. The van der Waals surface area contributed by atoms with Gasteiger partial charge in [0.15, 0.2) is 0 Å². The molecule has 0 radical (unpaired) electrons. The van der Waals surface area contributed by atoms with Crippen LogP contribution in [0.3, 0.4) is 0 Å². The number of hydrogen-bond donors (Lipinski definition) is 0. The zero-order chi connectivity index (χ0) is 22.5. The average molecular weight is 418 g/mol. The van der Waals surface area contributed by atoms with Crippen LogP contribution >= 0.6 is 0 Å². The maximum Gasteiger partial charge on any atom is 0.0543 e. The van der Waals surface area contributed by atoms with E-state index in [1.165, 1.54) is 44.9 Å². The van der Waals surface area contributed by atoms with E-state index < -0.39 is 0 Å². The van der Waals surface area contributed by atoms with Crippen molar-refractivity contribution in [2.45, 2.75) is 45.4 Å². The highest BCUT2D eigenvalue weighted by molar-refractivity contribution is 5.94. The molecule has 32 heavy (non-hydrogen) atoms. The van der Waals surface area contributed by atoms with E-state index in [4.69, 9.17) is 0 Å². The molecule has 0 N–H and O–H groups in total. The number of fused-ring (bicyclic) bond motifs is 3. The first-order chi connectivity index (χ1) is 15.3. The standard InChI is InChI=1S/C31H31N/c1-30(2,3)22-18-20-24(21-19-22)32(23-12-7-6-8-13-23)28-17-11-16-27-29(28)25-14-9-10-15-26(25)31(27,4)5/h6-21H,1-5H3. The molecule has 0 saturated heterocycles. The number of rotatable bonds is 3. The fourth-order valence-electron chi connectivity index (χ4n) is 5.04. The Morgan fingerprint density at radius 2 is 1.19 bits per heavy atom. The molecule has 0 aliphatic heterocycles. The minimum Gasteiger partial charge on any atom is -0.310 e. The molecule has 0 aromatic heterocycles. The van der Waals surface area contributed by atoms with Gasteiger partial charge in [0.25, 0.3) is 0 Å². The summed E-state index contributed by atoms with van der Waals surface area (Å²) in [7, 11) is 0. The Labute approximate surface area is 192 Å². The fraction of sp³-hybridized carbons (Fsp3) is 0.226. The van der Waals surface area contributed by atoms with E-state index in [-0.39, 0.29) is 10.8 Å². The summed E-state index contributed by atoms with van der Waals surface area (Å²) in [5, 5.41) is 0. The highest BCUT2D eigenvalue weighted by Gasteiger charge is 2.37. The average Bonchev–Trinajstić information content (AvgIpc) is 3.03. The van der Waals surface area contributed by atoms with Crippen molar-refractivity contribution in [1.82, 2.24) is 0 Å². The Hall–Kier alpha value is -3.32. The van der Waals surface area contributed by atoms with Crippen LogP contribution in [0.5, 0.6) is 0 Å². The summed E-state index contributed by atoms with van der Waals surface area (Å²) in [5.74, 6) is 0. The van der Waals surface area contributed by atoms with Gasteiger partial charge < -0.3 is 4.90 Å². The zero-order valence-corrected chi connectivity index (χ0v) is 19.7. The lowest BCUT2D eigenvalue weighted by Gasteiger charge is -2.29. The van der Waals surface area contributed by atoms with Crippen LogP contribution in [0.2, 0.25) is 0 Å². The van der Waals surface area contributed by atoms with Gasteiger partial charge in [0.1, 0.15) is 0 Å². The van der Waals surface area contributed by atoms with E-state index in [1.54, 1.807) is 0 Å². The van der Waals surface area contributed by atoms with Crippen molar-refractivity contribution in [2.24, 2.45) is 0 Å². The van der Waals surface area contributed by atoms with Crippen LogP contribution < -0.4 is 4.90 Å². The number of anilines is 3. The van der Waals surface area contributed by atoms with E-state index in [2.05, 4.69) is 137 Å². The van der Waals surface area contributed by atoms with Gasteiger partial charge in [-0.3, -0.25) is 0 Å². The summed E-state index contributed by atoms with van der Waals surface area (Å²) in [6.07, 6.45) is 0. The molecule has 0 amide bonds. The number of benzene rings is 4. The third-order valence-corrected chi connectivity index (χ3v) is 6.83. The molecule has 4 aromatic carbocycles. The van der Waals surface area contributed by atoms with Crippen molar-refractivity contribution in [3.05, 3.63) is 114 Å². The van der Waals surface area contributed by atoms with E-state index in [0.717, 1.165) is 0 Å². The Bertz CT molecular complexity index is 1260. The third kappa shape index (κ3) is 3.24. The maximum atomic E-state index is 2.41. The summed E-state index contributed by atoms with van der Waals surface area (Å²) in [6.45, 7) is 11.5. The van der Waals surface area contributed by atoms with Crippen LogP contribution in [-0.4, -0.2) is 0 Å². The molecule has 0 saturated carbocycles. The lowest BCUT2D eigenvalue weighted by molar-refractivity contribution is 0.590. The molecular formula is C31H31N. The number of hydrogen-bond acceptors (Lipinski definition) is 1. The summed E-state index contributed by atoms with van der Waals surface area (Å²) >= 11 is 0. The van der Waals surface area contributed by atoms with Gasteiger partial charge >= 0.3 is 0 Å². The lowest BCUT2D eigenvalue weighted by Crippen LogP contribution is -2.16. The highest BCUT2D eigenvalue weighted by atomic mass is 15.1. The number of nitrogens with zero attached hydrogens (tertiary/aromatic N) is 1. The van der Waals surface area contributed by atoms with Crippen molar-refractivity contribution in [3.8, 4) is 11.1 Å². The van der Waals surface area contributed by atoms with Crippen LogP contribution in [-0.2, 0) is 10.8 Å². The third-order valence-electron chi connectivity index (χ3n) is 6.83. The molecule has 0 atom stereocenters. The fourth-order valence-corrected chi connectivity index (χ4v) is 5.04. The van der Waals surface area contributed by atoms with Crippen LogP contribution in [0.15, 0.2) is 97.1 Å². The summed E-state index contributed by atoms with van der Waals surface area (Å²) in [4.78, 5) is 2.41. The van der Waals surface area contributed by atoms with Crippen molar-refractivity contribution in [1.29, 1.82) is 0 Å².